The number of rotatable bonds is 4. The third kappa shape index (κ3) is 3.21. The second-order valence-corrected chi connectivity index (χ2v) is 4.39. The molecule has 2 unspecified atom stereocenters. The monoisotopic (exact) mass is 242 g/mol. The van der Waals surface area contributed by atoms with E-state index in [0.717, 1.165) is 25.5 Å². The fourth-order valence-electron chi connectivity index (χ4n) is 2.18. The van der Waals surface area contributed by atoms with Crippen molar-refractivity contribution in [2.24, 2.45) is 11.8 Å². The van der Waals surface area contributed by atoms with Gasteiger partial charge in [-0.1, -0.05) is 0 Å². The average Bonchev–Trinajstić information content (AvgIpc) is 2.77. The van der Waals surface area contributed by atoms with Crippen molar-refractivity contribution in [3.63, 3.8) is 0 Å². The fourth-order valence-corrected chi connectivity index (χ4v) is 2.18. The minimum absolute atomic E-state index is 0.244. The summed E-state index contributed by atoms with van der Waals surface area (Å²) < 4.78 is 31.5. The van der Waals surface area contributed by atoms with E-state index in [1.807, 2.05) is 0 Å². The Labute approximate surface area is 98.9 Å². The lowest BCUT2D eigenvalue weighted by molar-refractivity contribution is 0.181. The molecule has 1 aromatic carbocycles. The second-order valence-electron chi connectivity index (χ2n) is 4.39. The molecule has 94 valence electrons. The number of hydrogen-bond donors (Lipinski definition) is 2. The number of nitrogens with one attached hydrogen (secondary N) is 1. The normalized spacial score (nSPS) is 21.7. The molecule has 0 aliphatic carbocycles. The van der Waals surface area contributed by atoms with Crippen LogP contribution in [0, 0.1) is 17.6 Å². The van der Waals surface area contributed by atoms with E-state index in [4.69, 9.17) is 10.6 Å². The topological polar surface area (TPSA) is 47.3 Å². The first-order valence-corrected chi connectivity index (χ1v) is 5.69. The molecular weight excluding hydrogens is 226 g/mol. The number of hydrogen-bond acceptors (Lipinski definition) is 3. The van der Waals surface area contributed by atoms with Crippen molar-refractivity contribution in [1.29, 1.82) is 0 Å². The van der Waals surface area contributed by atoms with Gasteiger partial charge >= 0.3 is 0 Å². The molecule has 0 saturated carbocycles. The van der Waals surface area contributed by atoms with E-state index in [1.54, 1.807) is 0 Å². The zero-order valence-corrected chi connectivity index (χ0v) is 9.46. The number of benzene rings is 1. The summed E-state index contributed by atoms with van der Waals surface area (Å²) in [6, 6.07) is 3.23. The van der Waals surface area contributed by atoms with Crippen molar-refractivity contribution in [2.45, 2.75) is 18.9 Å². The van der Waals surface area contributed by atoms with Gasteiger partial charge in [-0.05, 0) is 36.5 Å². The molecular formula is C12H16F2N2O. The van der Waals surface area contributed by atoms with E-state index in [-0.39, 0.29) is 6.04 Å². The van der Waals surface area contributed by atoms with Gasteiger partial charge in [-0.3, -0.25) is 11.3 Å². The predicted octanol–water partition coefficient (Wildman–Crippen LogP) is 1.90. The highest BCUT2D eigenvalue weighted by molar-refractivity contribution is 5.21. The quantitative estimate of drug-likeness (QED) is 0.626. The van der Waals surface area contributed by atoms with Gasteiger partial charge in [0.05, 0.1) is 0 Å². The van der Waals surface area contributed by atoms with Crippen LogP contribution < -0.4 is 11.3 Å². The molecule has 1 heterocycles. The molecule has 2 atom stereocenters. The molecule has 1 aliphatic rings. The highest BCUT2D eigenvalue weighted by Gasteiger charge is 2.21. The Morgan fingerprint density at radius 3 is 2.59 bits per heavy atom. The third-order valence-corrected chi connectivity index (χ3v) is 3.08. The van der Waals surface area contributed by atoms with Crippen LogP contribution in [-0.4, -0.2) is 13.2 Å². The van der Waals surface area contributed by atoms with E-state index in [1.165, 1.54) is 12.1 Å². The van der Waals surface area contributed by atoms with Crippen LogP contribution >= 0.6 is 0 Å². The molecule has 2 rings (SSSR count). The van der Waals surface area contributed by atoms with Crippen LogP contribution in [-0.2, 0) is 4.74 Å². The maximum absolute atomic E-state index is 13.1. The van der Waals surface area contributed by atoms with Crippen LogP contribution in [0.3, 0.4) is 0 Å². The Hall–Kier alpha value is -1.04. The van der Waals surface area contributed by atoms with Gasteiger partial charge in [0.25, 0.3) is 0 Å². The van der Waals surface area contributed by atoms with Gasteiger partial charge in [-0.15, -0.1) is 0 Å². The Morgan fingerprint density at radius 2 is 2.06 bits per heavy atom. The lowest BCUT2D eigenvalue weighted by Crippen LogP contribution is -2.30. The van der Waals surface area contributed by atoms with Gasteiger partial charge in [0, 0.05) is 25.3 Å². The highest BCUT2D eigenvalue weighted by atomic mass is 19.1. The smallest absolute Gasteiger partial charge is 0.126 e. The maximum Gasteiger partial charge on any atom is 0.126 e. The van der Waals surface area contributed by atoms with Crippen molar-refractivity contribution >= 4 is 0 Å². The van der Waals surface area contributed by atoms with Gasteiger partial charge in [-0.2, -0.15) is 0 Å². The van der Waals surface area contributed by atoms with Gasteiger partial charge in [0.2, 0.25) is 0 Å². The van der Waals surface area contributed by atoms with Gasteiger partial charge in [0.15, 0.2) is 0 Å². The van der Waals surface area contributed by atoms with Crippen molar-refractivity contribution in [1.82, 2.24) is 5.43 Å². The molecule has 0 spiro atoms. The van der Waals surface area contributed by atoms with E-state index < -0.39 is 11.6 Å². The molecule has 1 aliphatic heterocycles. The van der Waals surface area contributed by atoms with Crippen LogP contribution in [0.15, 0.2) is 18.2 Å². The maximum atomic E-state index is 13.1. The summed E-state index contributed by atoms with van der Waals surface area (Å²) in [7, 11) is 0. The molecule has 3 nitrogen and oxygen atoms in total. The standard InChI is InChI=1S/C12H16F2N2O/c13-10-4-9(5-11(14)6-10)12(16-15)3-8-1-2-17-7-8/h4-6,8,12,16H,1-3,7,15H2. The minimum atomic E-state index is -0.581. The minimum Gasteiger partial charge on any atom is -0.381 e. The first-order valence-electron chi connectivity index (χ1n) is 5.69. The molecule has 0 radical (unpaired) electrons. The molecule has 1 saturated heterocycles. The Balaban J connectivity index is 2.10. The van der Waals surface area contributed by atoms with Crippen LogP contribution in [0.2, 0.25) is 0 Å². The largest absolute Gasteiger partial charge is 0.381 e. The SMILES string of the molecule is NNC(CC1CCOC1)c1cc(F)cc(F)c1. The third-order valence-electron chi connectivity index (χ3n) is 3.08. The van der Waals surface area contributed by atoms with Crippen molar-refractivity contribution in [2.75, 3.05) is 13.2 Å². The first-order chi connectivity index (χ1) is 8.19. The summed E-state index contributed by atoms with van der Waals surface area (Å²) in [5.74, 6) is 4.68. The average molecular weight is 242 g/mol. The number of nitrogens with two attached hydrogens (primary N) is 1. The summed E-state index contributed by atoms with van der Waals surface area (Å²) in [6.45, 7) is 1.44. The lowest BCUT2D eigenvalue weighted by atomic mass is 9.94. The molecule has 17 heavy (non-hydrogen) atoms. The Bertz CT molecular complexity index is 361. The number of hydrazine groups is 1. The number of ether oxygens (including phenoxy) is 1. The van der Waals surface area contributed by atoms with Crippen LogP contribution in [0.4, 0.5) is 8.78 Å². The molecule has 0 amide bonds. The lowest BCUT2D eigenvalue weighted by Gasteiger charge is -2.19. The van der Waals surface area contributed by atoms with Gasteiger partial charge < -0.3 is 4.74 Å². The summed E-state index contributed by atoms with van der Waals surface area (Å²) in [5.41, 5.74) is 3.15. The summed E-state index contributed by atoms with van der Waals surface area (Å²) >= 11 is 0. The van der Waals surface area contributed by atoms with Gasteiger partial charge in [-0.25, -0.2) is 8.78 Å². The van der Waals surface area contributed by atoms with Crippen molar-refractivity contribution in [3.05, 3.63) is 35.4 Å². The van der Waals surface area contributed by atoms with Gasteiger partial charge in [0.1, 0.15) is 11.6 Å². The first kappa shape index (κ1) is 12.4. The van der Waals surface area contributed by atoms with E-state index >= 15 is 0 Å². The van der Waals surface area contributed by atoms with Crippen LogP contribution in [0.1, 0.15) is 24.4 Å². The van der Waals surface area contributed by atoms with E-state index in [0.29, 0.717) is 18.1 Å². The molecule has 1 fully saturated rings. The molecule has 3 N–H and O–H groups in total. The molecule has 5 heteroatoms. The molecule has 0 bridgehead atoms. The Morgan fingerprint density at radius 1 is 1.35 bits per heavy atom. The van der Waals surface area contributed by atoms with Crippen LogP contribution in [0.25, 0.3) is 0 Å². The number of halogens is 2. The molecule has 0 aromatic heterocycles. The summed E-state index contributed by atoms with van der Waals surface area (Å²) in [4.78, 5) is 0. The highest BCUT2D eigenvalue weighted by Crippen LogP contribution is 2.26. The fraction of sp³-hybridized carbons (Fsp3) is 0.500. The summed E-state index contributed by atoms with van der Waals surface area (Å²) in [5, 5.41) is 0. The second kappa shape index (κ2) is 5.53. The molecule has 1 aromatic rings. The summed E-state index contributed by atoms with van der Waals surface area (Å²) in [6.07, 6.45) is 1.69. The Kier molecular flexibility index (Phi) is 4.04. The van der Waals surface area contributed by atoms with Crippen molar-refractivity contribution in [3.8, 4) is 0 Å². The van der Waals surface area contributed by atoms with Crippen molar-refractivity contribution < 1.29 is 13.5 Å². The van der Waals surface area contributed by atoms with Crippen LogP contribution in [0.5, 0.6) is 0 Å². The van der Waals surface area contributed by atoms with E-state index in [9.17, 15) is 8.78 Å². The zero-order valence-electron chi connectivity index (χ0n) is 9.46. The zero-order chi connectivity index (χ0) is 12.3. The predicted molar refractivity (Wildman–Crippen MR) is 60.0 cm³/mol. The van der Waals surface area contributed by atoms with E-state index in [2.05, 4.69) is 5.43 Å².